The summed E-state index contributed by atoms with van der Waals surface area (Å²) in [4.78, 5) is 11.9. The van der Waals surface area contributed by atoms with Crippen molar-refractivity contribution in [3.8, 4) is 28.8 Å². The third-order valence-electron chi connectivity index (χ3n) is 3.84. The summed E-state index contributed by atoms with van der Waals surface area (Å²) in [6.07, 6.45) is 4.13. The molecule has 0 spiro atoms. The Kier molecular flexibility index (Phi) is 3.74. The van der Waals surface area contributed by atoms with E-state index in [0.717, 1.165) is 28.2 Å². The lowest BCUT2D eigenvalue weighted by atomic mass is 10.0. The maximum Gasteiger partial charge on any atom is 0.205 e. The van der Waals surface area contributed by atoms with Gasteiger partial charge >= 0.3 is 0 Å². The minimum absolute atomic E-state index is 0.537. The van der Waals surface area contributed by atoms with Crippen LogP contribution in [-0.4, -0.2) is 21.6 Å². The van der Waals surface area contributed by atoms with Gasteiger partial charge in [0.05, 0.1) is 12.2 Å². The zero-order valence-corrected chi connectivity index (χ0v) is 13.9. The van der Waals surface area contributed by atoms with Gasteiger partial charge in [-0.05, 0) is 25.1 Å². The maximum absolute atomic E-state index is 6.10. The van der Waals surface area contributed by atoms with Crippen molar-refractivity contribution >= 4 is 12.2 Å². The second-order valence-electron chi connectivity index (χ2n) is 5.40. The zero-order valence-electron chi connectivity index (χ0n) is 13.1. The number of para-hydroxylation sites is 1. The molecule has 6 heteroatoms. The summed E-state index contributed by atoms with van der Waals surface area (Å²) in [5.74, 6) is 2.73. The smallest absolute Gasteiger partial charge is 0.205 e. The predicted octanol–water partition coefficient (Wildman–Crippen LogP) is 4.30. The van der Waals surface area contributed by atoms with E-state index < -0.39 is 0 Å². The third-order valence-corrected chi connectivity index (χ3v) is 4.18. The summed E-state index contributed by atoms with van der Waals surface area (Å²) in [6, 6.07) is 9.67. The van der Waals surface area contributed by atoms with Crippen molar-refractivity contribution in [3.05, 3.63) is 58.5 Å². The topological polar surface area (TPSA) is 60.0 Å². The third kappa shape index (κ3) is 2.55. The van der Waals surface area contributed by atoms with E-state index in [4.69, 9.17) is 21.7 Å². The van der Waals surface area contributed by atoms with E-state index in [1.807, 2.05) is 37.3 Å². The highest BCUT2D eigenvalue weighted by molar-refractivity contribution is 7.71. The molecule has 0 saturated carbocycles. The molecule has 5 nitrogen and oxygen atoms in total. The Hall–Kier alpha value is -2.73. The highest BCUT2D eigenvalue weighted by Gasteiger charge is 2.23. The molecule has 0 amide bonds. The predicted molar refractivity (Wildman–Crippen MR) is 93.1 cm³/mol. The molecule has 24 heavy (non-hydrogen) atoms. The van der Waals surface area contributed by atoms with Gasteiger partial charge in [-0.2, -0.15) is 0 Å². The fourth-order valence-electron chi connectivity index (χ4n) is 2.74. The first-order valence-corrected chi connectivity index (χ1v) is 8.13. The number of benzene rings is 1. The van der Waals surface area contributed by atoms with Gasteiger partial charge in [0.25, 0.3) is 0 Å². The number of hydrogen-bond acceptors (Lipinski definition) is 5. The van der Waals surface area contributed by atoms with Gasteiger partial charge < -0.3 is 14.5 Å². The molecule has 0 radical (unpaired) electrons. The Morgan fingerprint density at radius 3 is 3.00 bits per heavy atom. The van der Waals surface area contributed by atoms with Crippen LogP contribution in [0.15, 0.2) is 42.7 Å². The molecular weight excluding hydrogens is 322 g/mol. The number of H-pyrrole nitrogens is 1. The lowest BCUT2D eigenvalue weighted by Gasteiger charge is -2.22. The molecule has 1 aromatic carbocycles. The van der Waals surface area contributed by atoms with E-state index in [9.17, 15) is 0 Å². The van der Waals surface area contributed by atoms with E-state index >= 15 is 0 Å². The molecule has 1 aliphatic heterocycles. The van der Waals surface area contributed by atoms with Crippen LogP contribution in [-0.2, 0) is 6.42 Å². The van der Waals surface area contributed by atoms with Crippen molar-refractivity contribution in [2.45, 2.75) is 13.3 Å². The van der Waals surface area contributed by atoms with Crippen molar-refractivity contribution in [1.29, 1.82) is 0 Å². The number of pyridine rings is 1. The number of hydrogen-bond donors (Lipinski definition) is 1. The summed E-state index contributed by atoms with van der Waals surface area (Å²) < 4.78 is 12.3. The second kappa shape index (κ2) is 6.05. The average Bonchev–Trinajstić information content (AvgIpc) is 2.62. The Labute approximate surface area is 144 Å². The van der Waals surface area contributed by atoms with Crippen molar-refractivity contribution in [2.75, 3.05) is 6.61 Å². The lowest BCUT2D eigenvalue weighted by Crippen LogP contribution is -2.09. The molecule has 4 rings (SSSR count). The van der Waals surface area contributed by atoms with Gasteiger partial charge in [-0.1, -0.05) is 24.4 Å². The van der Waals surface area contributed by atoms with Crippen LogP contribution < -0.4 is 9.47 Å². The van der Waals surface area contributed by atoms with Crippen molar-refractivity contribution in [1.82, 2.24) is 15.0 Å². The van der Waals surface area contributed by atoms with Crippen LogP contribution >= 0.6 is 12.2 Å². The number of fused-ring (bicyclic) bond motifs is 2. The number of nitrogens with one attached hydrogen (secondary N) is 1. The van der Waals surface area contributed by atoms with Gasteiger partial charge in [0, 0.05) is 29.9 Å². The minimum Gasteiger partial charge on any atom is -0.490 e. The van der Waals surface area contributed by atoms with Crippen LogP contribution in [0.3, 0.4) is 0 Å². The first-order valence-electron chi connectivity index (χ1n) is 7.72. The largest absolute Gasteiger partial charge is 0.490 e. The van der Waals surface area contributed by atoms with Gasteiger partial charge in [-0.15, -0.1) is 0 Å². The Morgan fingerprint density at radius 2 is 2.21 bits per heavy atom. The number of ether oxygens (including phenoxy) is 2. The SMILES string of the molecule is CCOc1cccc2c1Oc1[nH]c(-c3cccnc3)nc(=S)c1C2. The Morgan fingerprint density at radius 1 is 1.29 bits per heavy atom. The fourth-order valence-corrected chi connectivity index (χ4v) is 2.99. The van der Waals surface area contributed by atoms with Gasteiger partial charge in [-0.3, -0.25) is 4.98 Å². The Bertz CT molecular complexity index is 954. The average molecular weight is 337 g/mol. The van der Waals surface area contributed by atoms with Crippen molar-refractivity contribution < 1.29 is 9.47 Å². The van der Waals surface area contributed by atoms with Crippen LogP contribution in [0.1, 0.15) is 18.1 Å². The molecule has 1 aliphatic rings. The number of aromatic amines is 1. The van der Waals surface area contributed by atoms with Crippen molar-refractivity contribution in [3.63, 3.8) is 0 Å². The van der Waals surface area contributed by atoms with Crippen LogP contribution in [0.25, 0.3) is 11.4 Å². The van der Waals surface area contributed by atoms with Crippen LogP contribution in [0.2, 0.25) is 0 Å². The van der Waals surface area contributed by atoms with Crippen molar-refractivity contribution in [2.24, 2.45) is 0 Å². The Balaban J connectivity index is 1.81. The summed E-state index contributed by atoms with van der Waals surface area (Å²) >= 11 is 5.48. The van der Waals surface area contributed by atoms with Crippen LogP contribution in [0, 0.1) is 4.64 Å². The van der Waals surface area contributed by atoms with E-state index in [1.165, 1.54) is 0 Å². The summed E-state index contributed by atoms with van der Waals surface area (Å²) in [5, 5.41) is 0. The quantitative estimate of drug-likeness (QED) is 0.565. The minimum atomic E-state index is 0.537. The van der Waals surface area contributed by atoms with Gasteiger partial charge in [0.2, 0.25) is 5.88 Å². The first-order chi connectivity index (χ1) is 11.8. The summed E-state index contributed by atoms with van der Waals surface area (Å²) in [6.45, 7) is 2.54. The molecule has 0 saturated heterocycles. The molecule has 2 aromatic heterocycles. The van der Waals surface area contributed by atoms with E-state index in [1.54, 1.807) is 12.4 Å². The molecular formula is C18H15N3O2S. The molecule has 0 fully saturated rings. The molecule has 1 N–H and O–H groups in total. The molecule has 0 bridgehead atoms. The standard InChI is InChI=1S/C18H15N3O2S/c1-2-22-14-7-3-5-11-9-13-17(23-15(11)14)20-16(21-18(13)24)12-6-4-8-19-10-12/h3-8,10H,2,9H2,1H3,(H,20,21,24). The van der Waals surface area contributed by atoms with E-state index in [-0.39, 0.29) is 0 Å². The molecule has 3 heterocycles. The molecule has 0 atom stereocenters. The van der Waals surface area contributed by atoms with Crippen LogP contribution in [0.5, 0.6) is 17.4 Å². The van der Waals surface area contributed by atoms with Gasteiger partial charge in [0.15, 0.2) is 11.5 Å². The van der Waals surface area contributed by atoms with Gasteiger partial charge in [-0.25, -0.2) is 4.98 Å². The number of rotatable bonds is 3. The van der Waals surface area contributed by atoms with Gasteiger partial charge in [0.1, 0.15) is 10.5 Å². The normalized spacial score (nSPS) is 12.0. The number of nitrogens with zero attached hydrogens (tertiary/aromatic N) is 2. The highest BCUT2D eigenvalue weighted by atomic mass is 32.1. The zero-order chi connectivity index (χ0) is 16.5. The monoisotopic (exact) mass is 337 g/mol. The molecule has 3 aromatic rings. The summed E-state index contributed by atoms with van der Waals surface area (Å²) in [5.41, 5.74) is 2.79. The van der Waals surface area contributed by atoms with E-state index in [0.29, 0.717) is 29.4 Å². The number of aromatic nitrogens is 3. The lowest BCUT2D eigenvalue weighted by molar-refractivity contribution is 0.315. The molecule has 0 unspecified atom stereocenters. The summed E-state index contributed by atoms with van der Waals surface area (Å²) in [7, 11) is 0. The molecule has 0 aliphatic carbocycles. The van der Waals surface area contributed by atoms with E-state index in [2.05, 4.69) is 15.0 Å². The van der Waals surface area contributed by atoms with Crippen LogP contribution in [0.4, 0.5) is 0 Å². The first kappa shape index (κ1) is 14.8. The maximum atomic E-state index is 6.10. The molecule has 120 valence electrons. The fraction of sp³-hybridized carbons (Fsp3) is 0.167. The highest BCUT2D eigenvalue weighted by Crippen LogP contribution is 2.42. The second-order valence-corrected chi connectivity index (χ2v) is 5.78.